The summed E-state index contributed by atoms with van der Waals surface area (Å²) in [4.78, 5) is 14.7. The Morgan fingerprint density at radius 2 is 1.73 bits per heavy atom. The van der Waals surface area contributed by atoms with Gasteiger partial charge in [0.25, 0.3) is 5.69 Å². The second-order valence-electron chi connectivity index (χ2n) is 5.78. The molecule has 0 saturated heterocycles. The first-order valence-corrected chi connectivity index (χ1v) is 8.08. The van der Waals surface area contributed by atoms with Gasteiger partial charge in [0.2, 0.25) is 0 Å². The van der Waals surface area contributed by atoms with Crippen molar-refractivity contribution < 1.29 is 4.92 Å². The lowest BCUT2D eigenvalue weighted by atomic mass is 9.98. The predicted molar refractivity (Wildman–Crippen MR) is 100 cm³/mol. The van der Waals surface area contributed by atoms with Crippen molar-refractivity contribution in [1.29, 1.82) is 5.26 Å². The zero-order chi connectivity index (χ0) is 18.7. The van der Waals surface area contributed by atoms with Gasteiger partial charge in [-0.3, -0.25) is 10.1 Å². The van der Waals surface area contributed by atoms with Crippen LogP contribution >= 0.6 is 0 Å². The molecular formula is C20H16N4O2. The van der Waals surface area contributed by atoms with Crippen LogP contribution in [-0.4, -0.2) is 9.91 Å². The van der Waals surface area contributed by atoms with Crippen LogP contribution in [0.2, 0.25) is 0 Å². The number of nitro groups is 1. The Bertz CT molecular complexity index is 1000. The van der Waals surface area contributed by atoms with Crippen molar-refractivity contribution in [1.82, 2.24) is 4.98 Å². The van der Waals surface area contributed by atoms with E-state index in [9.17, 15) is 15.4 Å². The number of aryl methyl sites for hydroxylation is 1. The van der Waals surface area contributed by atoms with Crippen LogP contribution in [0.5, 0.6) is 0 Å². The summed E-state index contributed by atoms with van der Waals surface area (Å²) < 4.78 is 0. The molecule has 1 aromatic heterocycles. The molecule has 0 aliphatic heterocycles. The SMILES string of the molecule is CCc1ccc(-c2cc(-c3ccc([N+](=O)[O-])cc3)c(C#N)c(N)n2)cc1. The predicted octanol–water partition coefficient (Wildman–Crippen LogP) is 4.34. The molecule has 6 nitrogen and oxygen atoms in total. The van der Waals surface area contributed by atoms with Crippen LogP contribution in [0.15, 0.2) is 54.6 Å². The molecule has 128 valence electrons. The van der Waals surface area contributed by atoms with E-state index >= 15 is 0 Å². The molecule has 26 heavy (non-hydrogen) atoms. The molecule has 0 fully saturated rings. The molecule has 3 aromatic rings. The number of aromatic nitrogens is 1. The first-order chi connectivity index (χ1) is 12.5. The summed E-state index contributed by atoms with van der Waals surface area (Å²) in [7, 11) is 0. The number of rotatable bonds is 4. The Hall–Kier alpha value is -3.72. The normalized spacial score (nSPS) is 10.3. The van der Waals surface area contributed by atoms with E-state index in [0.29, 0.717) is 16.8 Å². The van der Waals surface area contributed by atoms with E-state index in [4.69, 9.17) is 5.73 Å². The molecule has 2 aromatic carbocycles. The molecule has 0 atom stereocenters. The third kappa shape index (κ3) is 3.23. The maximum atomic E-state index is 10.8. The largest absolute Gasteiger partial charge is 0.383 e. The summed E-state index contributed by atoms with van der Waals surface area (Å²) in [5.41, 5.74) is 10.3. The number of anilines is 1. The van der Waals surface area contributed by atoms with Crippen LogP contribution in [0.4, 0.5) is 11.5 Å². The lowest BCUT2D eigenvalue weighted by Crippen LogP contribution is -2.00. The average Bonchev–Trinajstić information content (AvgIpc) is 2.67. The molecule has 0 spiro atoms. The number of hydrogen-bond acceptors (Lipinski definition) is 5. The highest BCUT2D eigenvalue weighted by Crippen LogP contribution is 2.32. The minimum atomic E-state index is -0.462. The van der Waals surface area contributed by atoms with Crippen molar-refractivity contribution in [2.75, 3.05) is 5.73 Å². The number of nitrogens with two attached hydrogens (primary N) is 1. The van der Waals surface area contributed by atoms with Crippen LogP contribution in [0, 0.1) is 21.4 Å². The second kappa shape index (κ2) is 7.03. The Morgan fingerprint density at radius 3 is 2.27 bits per heavy atom. The minimum Gasteiger partial charge on any atom is -0.383 e. The zero-order valence-electron chi connectivity index (χ0n) is 14.1. The highest BCUT2D eigenvalue weighted by Gasteiger charge is 2.14. The Balaban J connectivity index is 2.12. The standard InChI is InChI=1S/C20H16N4O2/c1-2-13-3-5-15(6-4-13)19-11-17(18(12-21)20(22)23-19)14-7-9-16(10-8-14)24(25)26/h3-11H,2H2,1H3,(H2,22,23). The fourth-order valence-electron chi connectivity index (χ4n) is 2.73. The molecular weight excluding hydrogens is 328 g/mol. The average molecular weight is 344 g/mol. The van der Waals surface area contributed by atoms with Crippen molar-refractivity contribution in [2.24, 2.45) is 0 Å². The number of nitrogens with zero attached hydrogens (tertiary/aromatic N) is 3. The molecule has 3 rings (SSSR count). The molecule has 1 heterocycles. The number of nitriles is 1. The lowest BCUT2D eigenvalue weighted by Gasteiger charge is -2.10. The van der Waals surface area contributed by atoms with Crippen molar-refractivity contribution in [3.63, 3.8) is 0 Å². The van der Waals surface area contributed by atoms with E-state index in [0.717, 1.165) is 12.0 Å². The van der Waals surface area contributed by atoms with Crippen LogP contribution < -0.4 is 5.73 Å². The highest BCUT2D eigenvalue weighted by molar-refractivity contribution is 5.80. The van der Waals surface area contributed by atoms with E-state index in [-0.39, 0.29) is 17.1 Å². The quantitative estimate of drug-likeness (QED) is 0.560. The van der Waals surface area contributed by atoms with Crippen LogP contribution in [0.3, 0.4) is 0 Å². The van der Waals surface area contributed by atoms with Gasteiger partial charge < -0.3 is 5.73 Å². The van der Waals surface area contributed by atoms with Gasteiger partial charge in [-0.2, -0.15) is 5.26 Å². The Kier molecular flexibility index (Phi) is 4.63. The number of benzene rings is 2. The summed E-state index contributed by atoms with van der Waals surface area (Å²) in [6.45, 7) is 2.08. The minimum absolute atomic E-state index is 0.00957. The van der Waals surface area contributed by atoms with E-state index in [1.54, 1.807) is 18.2 Å². The lowest BCUT2D eigenvalue weighted by molar-refractivity contribution is -0.384. The van der Waals surface area contributed by atoms with Crippen LogP contribution in [0.1, 0.15) is 18.1 Å². The van der Waals surface area contributed by atoms with E-state index in [1.165, 1.54) is 17.7 Å². The van der Waals surface area contributed by atoms with Crippen molar-refractivity contribution in [2.45, 2.75) is 13.3 Å². The Morgan fingerprint density at radius 1 is 1.12 bits per heavy atom. The van der Waals surface area contributed by atoms with Crippen molar-refractivity contribution in [3.05, 3.63) is 75.8 Å². The van der Waals surface area contributed by atoms with Gasteiger partial charge in [-0.1, -0.05) is 31.2 Å². The van der Waals surface area contributed by atoms with Gasteiger partial charge >= 0.3 is 0 Å². The maximum absolute atomic E-state index is 10.8. The molecule has 0 aliphatic rings. The number of non-ortho nitro benzene ring substituents is 1. The third-order valence-electron chi connectivity index (χ3n) is 4.21. The monoisotopic (exact) mass is 344 g/mol. The third-order valence-corrected chi connectivity index (χ3v) is 4.21. The van der Waals surface area contributed by atoms with Crippen LogP contribution in [0.25, 0.3) is 22.4 Å². The zero-order valence-corrected chi connectivity index (χ0v) is 14.1. The fourth-order valence-corrected chi connectivity index (χ4v) is 2.73. The summed E-state index contributed by atoms with van der Waals surface area (Å²) in [5.74, 6) is 0.137. The van der Waals surface area contributed by atoms with Gasteiger partial charge in [-0.05, 0) is 35.7 Å². The molecule has 0 amide bonds. The summed E-state index contributed by atoms with van der Waals surface area (Å²) in [5, 5.41) is 20.3. The number of nitrogen functional groups attached to an aromatic ring is 1. The molecule has 0 radical (unpaired) electrons. The first kappa shape index (κ1) is 17.1. The number of pyridine rings is 1. The maximum Gasteiger partial charge on any atom is 0.269 e. The van der Waals surface area contributed by atoms with Crippen molar-refractivity contribution >= 4 is 11.5 Å². The number of hydrogen-bond donors (Lipinski definition) is 1. The van der Waals surface area contributed by atoms with Gasteiger partial charge in [-0.15, -0.1) is 0 Å². The van der Waals surface area contributed by atoms with Gasteiger partial charge in [0.1, 0.15) is 17.5 Å². The van der Waals surface area contributed by atoms with E-state index in [2.05, 4.69) is 18.0 Å². The number of nitro benzene ring substituents is 1. The first-order valence-electron chi connectivity index (χ1n) is 8.08. The van der Waals surface area contributed by atoms with Crippen LogP contribution in [-0.2, 0) is 6.42 Å². The summed E-state index contributed by atoms with van der Waals surface area (Å²) in [6, 6.07) is 17.9. The van der Waals surface area contributed by atoms with Gasteiger partial charge in [0.15, 0.2) is 0 Å². The molecule has 0 aliphatic carbocycles. The second-order valence-corrected chi connectivity index (χ2v) is 5.78. The van der Waals surface area contributed by atoms with E-state index in [1.807, 2.05) is 24.3 Å². The molecule has 2 N–H and O–H groups in total. The topological polar surface area (TPSA) is 106 Å². The molecule has 0 bridgehead atoms. The fraction of sp³-hybridized carbons (Fsp3) is 0.100. The Labute approximate surface area is 150 Å². The summed E-state index contributed by atoms with van der Waals surface area (Å²) in [6.07, 6.45) is 0.942. The van der Waals surface area contributed by atoms with Gasteiger partial charge in [0, 0.05) is 23.3 Å². The molecule has 6 heteroatoms. The smallest absolute Gasteiger partial charge is 0.269 e. The highest BCUT2D eigenvalue weighted by atomic mass is 16.6. The van der Waals surface area contributed by atoms with Gasteiger partial charge in [0.05, 0.1) is 10.6 Å². The van der Waals surface area contributed by atoms with Crippen molar-refractivity contribution in [3.8, 4) is 28.5 Å². The van der Waals surface area contributed by atoms with Gasteiger partial charge in [-0.25, -0.2) is 4.98 Å². The molecule has 0 saturated carbocycles. The summed E-state index contributed by atoms with van der Waals surface area (Å²) >= 11 is 0. The van der Waals surface area contributed by atoms with E-state index < -0.39 is 4.92 Å². The molecule has 0 unspecified atom stereocenters.